The van der Waals surface area contributed by atoms with Crippen molar-refractivity contribution >= 4 is 51.7 Å². The number of amides is 3. The quantitative estimate of drug-likeness (QED) is 0.303. The van der Waals surface area contributed by atoms with E-state index in [1.165, 1.54) is 4.90 Å². The van der Waals surface area contributed by atoms with Crippen LogP contribution in [0.4, 0.5) is 0 Å². The van der Waals surface area contributed by atoms with Crippen LogP contribution in [0.15, 0.2) is 54.6 Å². The van der Waals surface area contributed by atoms with Gasteiger partial charge in [-0.25, -0.2) is 0 Å². The van der Waals surface area contributed by atoms with Gasteiger partial charge in [0.15, 0.2) is 0 Å². The Kier molecular flexibility index (Phi) is 11.2. The smallest absolute Gasteiger partial charge is 0.255 e. The van der Waals surface area contributed by atoms with Gasteiger partial charge in [-0.1, -0.05) is 53.5 Å². The molecule has 0 bridgehead atoms. The number of piperidine rings is 2. The summed E-state index contributed by atoms with van der Waals surface area (Å²) in [6.45, 7) is 4.49. The van der Waals surface area contributed by atoms with Crippen LogP contribution in [0.2, 0.25) is 10.0 Å². The lowest BCUT2D eigenvalue weighted by Crippen LogP contribution is -2.49. The van der Waals surface area contributed by atoms with E-state index >= 15 is 0 Å². The largest absolute Gasteiger partial charge is 0.369 e. The van der Waals surface area contributed by atoms with Crippen molar-refractivity contribution < 1.29 is 14.4 Å². The van der Waals surface area contributed by atoms with Crippen molar-refractivity contribution in [2.45, 2.75) is 44.1 Å². The van der Waals surface area contributed by atoms with Gasteiger partial charge in [0.1, 0.15) is 0 Å². The minimum Gasteiger partial charge on any atom is -0.369 e. The van der Waals surface area contributed by atoms with Gasteiger partial charge in [-0.3, -0.25) is 14.4 Å². The number of primary amides is 2. The molecule has 0 radical (unpaired) electrons. The minimum absolute atomic E-state index is 0.00957. The number of hydrogen-bond donors (Lipinski definition) is 2. The van der Waals surface area contributed by atoms with E-state index in [9.17, 15) is 19.6 Å². The van der Waals surface area contributed by atoms with Crippen LogP contribution in [-0.2, 0) is 9.59 Å². The second-order valence-corrected chi connectivity index (χ2v) is 13.3. The summed E-state index contributed by atoms with van der Waals surface area (Å²) >= 11 is 12.7. The molecule has 2 aliphatic heterocycles. The summed E-state index contributed by atoms with van der Waals surface area (Å²) in [6, 6.07) is 18.9. The number of likely N-dealkylation sites (tertiary alicyclic amines) is 2. The van der Waals surface area contributed by atoms with Crippen LogP contribution in [0.25, 0.3) is 10.8 Å². The monoisotopic (exact) mass is 662 g/mol. The Morgan fingerprint density at radius 2 is 1.65 bits per heavy atom. The molecular weight excluding hydrogens is 623 g/mol. The van der Waals surface area contributed by atoms with Gasteiger partial charge < -0.3 is 26.2 Å². The molecule has 3 amide bonds. The Morgan fingerprint density at radius 1 is 0.935 bits per heavy atom. The average molecular weight is 664 g/mol. The Balaban J connectivity index is 1.32. The van der Waals surface area contributed by atoms with Crippen LogP contribution >= 0.6 is 23.2 Å². The number of halogens is 2. The van der Waals surface area contributed by atoms with Crippen LogP contribution in [0.3, 0.4) is 0 Å². The lowest BCUT2D eigenvalue weighted by Gasteiger charge is -2.41. The summed E-state index contributed by atoms with van der Waals surface area (Å²) in [6.07, 6.45) is 4.48. The maximum atomic E-state index is 14.1. The number of nitrogens with zero attached hydrogens (tertiary/aromatic N) is 4. The van der Waals surface area contributed by atoms with Gasteiger partial charge in [0.2, 0.25) is 11.8 Å². The molecule has 3 aromatic carbocycles. The van der Waals surface area contributed by atoms with Crippen molar-refractivity contribution in [2.75, 3.05) is 45.8 Å². The fourth-order valence-corrected chi connectivity index (χ4v) is 7.23. The number of carbonyl (C=O) groups excluding carboxylic acids is 3. The number of nitrogens with two attached hydrogens (primary N) is 2. The van der Waals surface area contributed by atoms with Crippen LogP contribution in [0.5, 0.6) is 0 Å². The van der Waals surface area contributed by atoms with E-state index < -0.39 is 5.91 Å². The average Bonchev–Trinajstić information content (AvgIpc) is 3.06. The summed E-state index contributed by atoms with van der Waals surface area (Å²) < 4.78 is 0. The molecule has 3 aromatic rings. The number of benzene rings is 3. The third-order valence-corrected chi connectivity index (χ3v) is 10.2. The third-order valence-electron chi connectivity index (χ3n) is 9.51. The first-order chi connectivity index (χ1) is 22.1. The van der Waals surface area contributed by atoms with E-state index in [4.69, 9.17) is 34.7 Å². The highest BCUT2D eigenvalue weighted by Gasteiger charge is 2.31. The molecule has 2 saturated heterocycles. The zero-order valence-corrected chi connectivity index (χ0v) is 27.3. The summed E-state index contributed by atoms with van der Waals surface area (Å²) in [5.41, 5.74) is 12.8. The van der Waals surface area contributed by atoms with Gasteiger partial charge in [-0.2, -0.15) is 5.26 Å². The van der Waals surface area contributed by atoms with Crippen molar-refractivity contribution in [1.29, 1.82) is 5.26 Å². The maximum Gasteiger partial charge on any atom is 0.255 e. The number of hydrogen-bond acceptors (Lipinski definition) is 6. The van der Waals surface area contributed by atoms with Crippen LogP contribution in [-0.4, -0.2) is 84.3 Å². The fourth-order valence-electron chi connectivity index (χ4n) is 6.92. The van der Waals surface area contributed by atoms with E-state index in [1.54, 1.807) is 18.2 Å². The molecule has 2 heterocycles. The third kappa shape index (κ3) is 8.18. The summed E-state index contributed by atoms with van der Waals surface area (Å²) in [5, 5.41) is 12.0. The normalized spacial score (nSPS) is 17.4. The molecule has 1 unspecified atom stereocenters. The molecule has 0 spiro atoms. The Bertz CT molecular complexity index is 1630. The maximum absolute atomic E-state index is 14.1. The SMILES string of the molecule is N#Cc1cc(C(=O)N(CC(N)=O)CC(CCN2CCC(N3CCC(C(N)=O)CC3)CC2)c2ccc(Cl)c(Cl)c2)c2ccccc2c1. The van der Waals surface area contributed by atoms with Crippen LogP contribution < -0.4 is 11.5 Å². The fraction of sp³-hybridized carbons (Fsp3) is 0.429. The Morgan fingerprint density at radius 3 is 2.30 bits per heavy atom. The van der Waals surface area contributed by atoms with E-state index in [0.29, 0.717) is 39.0 Å². The molecule has 0 aromatic heterocycles. The summed E-state index contributed by atoms with van der Waals surface area (Å²) in [5.74, 6) is -1.34. The molecule has 1 atom stereocenters. The molecule has 9 nitrogen and oxygen atoms in total. The molecule has 242 valence electrons. The van der Waals surface area contributed by atoms with Crippen molar-refractivity contribution in [3.8, 4) is 6.07 Å². The van der Waals surface area contributed by atoms with Crippen molar-refractivity contribution in [2.24, 2.45) is 17.4 Å². The number of fused-ring (bicyclic) bond motifs is 1. The van der Waals surface area contributed by atoms with E-state index in [0.717, 1.165) is 69.4 Å². The minimum atomic E-state index is -0.621. The van der Waals surface area contributed by atoms with Crippen molar-refractivity contribution in [3.05, 3.63) is 81.3 Å². The standard InChI is InChI=1S/C35H40Cl2N6O3/c36-31-6-5-25(19-32(31)37)27(7-12-41-13-10-28(11-14-41)42-15-8-24(9-16-42)34(40)45)21-43(22-33(39)44)35(46)30-18-23(20-38)17-26-3-1-2-4-29(26)30/h1-6,17-19,24,27-28H,7-16,21-22H2,(H2,39,44)(H2,40,45). The molecule has 0 aliphatic carbocycles. The second kappa shape index (κ2) is 15.3. The first-order valence-electron chi connectivity index (χ1n) is 15.8. The molecule has 46 heavy (non-hydrogen) atoms. The predicted octanol–water partition coefficient (Wildman–Crippen LogP) is 4.78. The van der Waals surface area contributed by atoms with Gasteiger partial charge in [0.25, 0.3) is 5.91 Å². The highest BCUT2D eigenvalue weighted by molar-refractivity contribution is 6.42. The molecule has 5 rings (SSSR count). The van der Waals surface area contributed by atoms with E-state index in [1.807, 2.05) is 36.4 Å². The summed E-state index contributed by atoms with van der Waals surface area (Å²) in [7, 11) is 0. The molecule has 0 saturated carbocycles. The van der Waals surface area contributed by atoms with Gasteiger partial charge >= 0.3 is 0 Å². The van der Waals surface area contributed by atoms with Crippen molar-refractivity contribution in [1.82, 2.24) is 14.7 Å². The van der Waals surface area contributed by atoms with Gasteiger partial charge in [0, 0.05) is 30.0 Å². The number of carbonyl (C=O) groups is 3. The van der Waals surface area contributed by atoms with Crippen LogP contribution in [0, 0.1) is 17.2 Å². The molecule has 4 N–H and O–H groups in total. The zero-order valence-electron chi connectivity index (χ0n) is 25.8. The second-order valence-electron chi connectivity index (χ2n) is 12.5. The topological polar surface area (TPSA) is 137 Å². The molecule has 11 heteroatoms. The number of rotatable bonds is 11. The lowest BCUT2D eigenvalue weighted by molar-refractivity contribution is -0.123. The molecule has 2 aliphatic rings. The Hall–Kier alpha value is -3.68. The Labute approximate surface area is 280 Å². The van der Waals surface area contributed by atoms with Gasteiger partial charge in [-0.15, -0.1) is 0 Å². The summed E-state index contributed by atoms with van der Waals surface area (Å²) in [4.78, 5) is 44.4. The highest BCUT2D eigenvalue weighted by Crippen LogP contribution is 2.31. The van der Waals surface area contributed by atoms with Crippen LogP contribution in [0.1, 0.15) is 59.5 Å². The first-order valence-corrected chi connectivity index (χ1v) is 16.6. The van der Waals surface area contributed by atoms with Crippen molar-refractivity contribution in [3.63, 3.8) is 0 Å². The highest BCUT2D eigenvalue weighted by atomic mass is 35.5. The molecule has 2 fully saturated rings. The van der Waals surface area contributed by atoms with Gasteiger partial charge in [-0.05, 0) is 105 Å². The van der Waals surface area contributed by atoms with E-state index in [2.05, 4.69) is 15.9 Å². The zero-order chi connectivity index (χ0) is 32.8. The predicted molar refractivity (Wildman–Crippen MR) is 181 cm³/mol. The first kappa shape index (κ1) is 33.7. The van der Waals surface area contributed by atoms with Gasteiger partial charge in [0.05, 0.1) is 28.2 Å². The molecular formula is C35H40Cl2N6O3. The number of nitriles is 1. The lowest BCUT2D eigenvalue weighted by atomic mass is 9.92. The van der Waals surface area contributed by atoms with E-state index in [-0.39, 0.29) is 36.7 Å².